The van der Waals surface area contributed by atoms with Crippen molar-refractivity contribution in [2.24, 2.45) is 0 Å². The standard InChI is InChI=1S/C18H22N2/c1-3-7-15(8-4-1)11-12-17-18(20-14-13-19-17)16-9-5-2-6-10-16/h1-10,17-20H,11-14H2/t17-,18-/m0/s1. The Balaban J connectivity index is 1.67. The summed E-state index contributed by atoms with van der Waals surface area (Å²) in [6.07, 6.45) is 2.29. The highest BCUT2D eigenvalue weighted by Crippen LogP contribution is 2.22. The molecule has 1 heterocycles. The second-order valence-corrected chi connectivity index (χ2v) is 5.43. The molecule has 0 aliphatic carbocycles. The van der Waals surface area contributed by atoms with Gasteiger partial charge in [-0.25, -0.2) is 0 Å². The predicted molar refractivity (Wildman–Crippen MR) is 83.7 cm³/mol. The van der Waals surface area contributed by atoms with Crippen LogP contribution < -0.4 is 10.6 Å². The first-order chi connectivity index (χ1) is 9.93. The van der Waals surface area contributed by atoms with E-state index in [9.17, 15) is 0 Å². The van der Waals surface area contributed by atoms with Gasteiger partial charge in [0.25, 0.3) is 0 Å². The summed E-state index contributed by atoms with van der Waals surface area (Å²) in [4.78, 5) is 0. The van der Waals surface area contributed by atoms with E-state index in [4.69, 9.17) is 0 Å². The monoisotopic (exact) mass is 266 g/mol. The lowest BCUT2D eigenvalue weighted by atomic mass is 9.92. The average Bonchev–Trinajstić information content (AvgIpc) is 2.55. The second-order valence-electron chi connectivity index (χ2n) is 5.43. The molecule has 2 N–H and O–H groups in total. The summed E-state index contributed by atoms with van der Waals surface area (Å²) in [6.45, 7) is 2.10. The number of nitrogens with one attached hydrogen (secondary N) is 2. The molecule has 0 saturated carbocycles. The number of hydrogen-bond donors (Lipinski definition) is 2. The van der Waals surface area contributed by atoms with E-state index in [1.807, 2.05) is 0 Å². The quantitative estimate of drug-likeness (QED) is 0.889. The molecule has 1 aliphatic heterocycles. The zero-order chi connectivity index (χ0) is 13.6. The largest absolute Gasteiger partial charge is 0.311 e. The first-order valence-corrected chi connectivity index (χ1v) is 7.49. The second kappa shape index (κ2) is 6.69. The molecule has 2 nitrogen and oxygen atoms in total. The van der Waals surface area contributed by atoms with Crippen molar-refractivity contribution in [3.63, 3.8) is 0 Å². The molecule has 2 atom stereocenters. The van der Waals surface area contributed by atoms with Gasteiger partial charge in [-0.2, -0.15) is 0 Å². The van der Waals surface area contributed by atoms with Crippen molar-refractivity contribution in [3.8, 4) is 0 Å². The predicted octanol–water partition coefficient (Wildman–Crippen LogP) is 2.92. The van der Waals surface area contributed by atoms with Crippen molar-refractivity contribution in [2.75, 3.05) is 13.1 Å². The Labute approximate surface area is 121 Å². The topological polar surface area (TPSA) is 24.1 Å². The Morgan fingerprint density at radius 1 is 0.800 bits per heavy atom. The van der Waals surface area contributed by atoms with E-state index in [0.29, 0.717) is 12.1 Å². The first-order valence-electron chi connectivity index (χ1n) is 7.49. The molecule has 0 radical (unpaired) electrons. The molecule has 0 bridgehead atoms. The summed E-state index contributed by atoms with van der Waals surface area (Å²) in [5.74, 6) is 0. The Hall–Kier alpha value is -1.64. The van der Waals surface area contributed by atoms with Gasteiger partial charge in [0.05, 0.1) is 0 Å². The van der Waals surface area contributed by atoms with Gasteiger partial charge in [-0.05, 0) is 24.0 Å². The fourth-order valence-electron chi connectivity index (χ4n) is 2.99. The van der Waals surface area contributed by atoms with Crippen molar-refractivity contribution in [1.82, 2.24) is 10.6 Å². The van der Waals surface area contributed by atoms with Crippen LogP contribution in [-0.4, -0.2) is 19.1 Å². The van der Waals surface area contributed by atoms with Crippen LogP contribution in [-0.2, 0) is 6.42 Å². The van der Waals surface area contributed by atoms with Gasteiger partial charge in [0.15, 0.2) is 0 Å². The van der Waals surface area contributed by atoms with E-state index < -0.39 is 0 Å². The van der Waals surface area contributed by atoms with Gasteiger partial charge >= 0.3 is 0 Å². The minimum Gasteiger partial charge on any atom is -0.311 e. The molecule has 3 rings (SSSR count). The van der Waals surface area contributed by atoms with Crippen molar-refractivity contribution < 1.29 is 0 Å². The highest BCUT2D eigenvalue weighted by molar-refractivity contribution is 5.22. The number of piperazine rings is 1. The van der Waals surface area contributed by atoms with Gasteiger partial charge in [-0.3, -0.25) is 0 Å². The van der Waals surface area contributed by atoms with Crippen LogP contribution in [0.3, 0.4) is 0 Å². The summed E-state index contributed by atoms with van der Waals surface area (Å²) < 4.78 is 0. The molecule has 2 aromatic carbocycles. The first kappa shape index (κ1) is 13.3. The maximum Gasteiger partial charge on any atom is 0.0476 e. The van der Waals surface area contributed by atoms with Gasteiger partial charge in [-0.1, -0.05) is 60.7 Å². The average molecular weight is 266 g/mol. The van der Waals surface area contributed by atoms with Gasteiger partial charge < -0.3 is 10.6 Å². The third-order valence-electron chi connectivity index (χ3n) is 4.04. The van der Waals surface area contributed by atoms with Crippen LogP contribution in [0.5, 0.6) is 0 Å². The summed E-state index contributed by atoms with van der Waals surface area (Å²) in [5.41, 5.74) is 2.81. The van der Waals surface area contributed by atoms with Gasteiger partial charge in [0.1, 0.15) is 0 Å². The van der Waals surface area contributed by atoms with Crippen LogP contribution in [0.25, 0.3) is 0 Å². The summed E-state index contributed by atoms with van der Waals surface area (Å²) >= 11 is 0. The number of aryl methyl sites for hydroxylation is 1. The number of hydrogen-bond acceptors (Lipinski definition) is 2. The fraction of sp³-hybridized carbons (Fsp3) is 0.333. The van der Waals surface area contributed by atoms with Crippen LogP contribution in [0.2, 0.25) is 0 Å². The van der Waals surface area contributed by atoms with Gasteiger partial charge in [0.2, 0.25) is 0 Å². The lowest BCUT2D eigenvalue weighted by Crippen LogP contribution is -2.50. The van der Waals surface area contributed by atoms with E-state index in [-0.39, 0.29) is 0 Å². The number of rotatable bonds is 4. The fourth-order valence-corrected chi connectivity index (χ4v) is 2.99. The Morgan fingerprint density at radius 2 is 1.45 bits per heavy atom. The SMILES string of the molecule is c1ccc(CC[C@@H]2NCCN[C@H]2c2ccccc2)cc1. The molecule has 2 aromatic rings. The minimum atomic E-state index is 0.425. The molecule has 0 aromatic heterocycles. The van der Waals surface area contributed by atoms with E-state index in [2.05, 4.69) is 71.3 Å². The molecule has 1 saturated heterocycles. The Bertz CT molecular complexity index is 509. The van der Waals surface area contributed by atoms with Gasteiger partial charge in [-0.15, -0.1) is 0 Å². The Morgan fingerprint density at radius 3 is 2.20 bits per heavy atom. The molecule has 20 heavy (non-hydrogen) atoms. The summed E-state index contributed by atoms with van der Waals surface area (Å²) in [5, 5.41) is 7.33. The molecule has 0 amide bonds. The zero-order valence-corrected chi connectivity index (χ0v) is 11.8. The summed E-state index contributed by atoms with van der Waals surface area (Å²) in [7, 11) is 0. The van der Waals surface area contributed by atoms with Crippen LogP contribution >= 0.6 is 0 Å². The van der Waals surface area contributed by atoms with E-state index in [1.165, 1.54) is 11.1 Å². The third kappa shape index (κ3) is 3.27. The molecule has 1 aliphatic rings. The lowest BCUT2D eigenvalue weighted by molar-refractivity contribution is 0.312. The van der Waals surface area contributed by atoms with E-state index in [0.717, 1.165) is 25.9 Å². The molecular formula is C18H22N2. The maximum atomic E-state index is 3.68. The van der Waals surface area contributed by atoms with Gasteiger partial charge in [0, 0.05) is 25.2 Å². The highest BCUT2D eigenvalue weighted by Gasteiger charge is 2.25. The molecule has 0 spiro atoms. The van der Waals surface area contributed by atoms with Crippen molar-refractivity contribution in [1.29, 1.82) is 0 Å². The van der Waals surface area contributed by atoms with Crippen LogP contribution in [0.4, 0.5) is 0 Å². The number of benzene rings is 2. The third-order valence-corrected chi connectivity index (χ3v) is 4.04. The minimum absolute atomic E-state index is 0.425. The van der Waals surface area contributed by atoms with Crippen LogP contribution in [0.15, 0.2) is 60.7 Å². The highest BCUT2D eigenvalue weighted by atomic mass is 15.1. The lowest BCUT2D eigenvalue weighted by Gasteiger charge is -2.34. The zero-order valence-electron chi connectivity index (χ0n) is 11.8. The van der Waals surface area contributed by atoms with Crippen molar-refractivity contribution in [2.45, 2.75) is 24.9 Å². The van der Waals surface area contributed by atoms with Crippen LogP contribution in [0, 0.1) is 0 Å². The van der Waals surface area contributed by atoms with Crippen LogP contribution in [0.1, 0.15) is 23.6 Å². The van der Waals surface area contributed by atoms with Crippen molar-refractivity contribution >= 4 is 0 Å². The molecular weight excluding hydrogens is 244 g/mol. The smallest absolute Gasteiger partial charge is 0.0476 e. The van der Waals surface area contributed by atoms with Crippen molar-refractivity contribution in [3.05, 3.63) is 71.8 Å². The summed E-state index contributed by atoms with van der Waals surface area (Å²) in [6, 6.07) is 22.5. The maximum absolute atomic E-state index is 3.68. The molecule has 2 heteroatoms. The molecule has 1 fully saturated rings. The Kier molecular flexibility index (Phi) is 4.46. The normalized spacial score (nSPS) is 22.6. The van der Waals surface area contributed by atoms with E-state index >= 15 is 0 Å². The van der Waals surface area contributed by atoms with E-state index in [1.54, 1.807) is 0 Å². The molecule has 104 valence electrons. The molecule has 0 unspecified atom stereocenters.